The van der Waals surface area contributed by atoms with Gasteiger partial charge in [-0.25, -0.2) is 8.78 Å². The summed E-state index contributed by atoms with van der Waals surface area (Å²) in [5.74, 6) is -4.29. The minimum atomic E-state index is -1.44. The maximum absolute atomic E-state index is 14.1. The van der Waals surface area contributed by atoms with Crippen molar-refractivity contribution in [3.63, 3.8) is 0 Å². The third-order valence-corrected chi connectivity index (χ3v) is 8.22. The highest BCUT2D eigenvalue weighted by atomic mass is 35.5. The molecule has 3 N–H and O–H groups in total. The average Bonchev–Trinajstić information content (AvgIpc) is 3.38. The van der Waals surface area contributed by atoms with Gasteiger partial charge in [0.15, 0.2) is 5.78 Å². The zero-order chi connectivity index (χ0) is 26.5. The van der Waals surface area contributed by atoms with Crippen molar-refractivity contribution in [3.8, 4) is 0 Å². The fourth-order valence-corrected chi connectivity index (χ4v) is 5.53. The van der Waals surface area contributed by atoms with Crippen LogP contribution < -0.4 is 11.1 Å². The molecule has 0 aromatic heterocycles. The van der Waals surface area contributed by atoms with E-state index in [0.717, 1.165) is 12.1 Å². The van der Waals surface area contributed by atoms with Crippen molar-refractivity contribution in [2.24, 2.45) is 5.92 Å². The van der Waals surface area contributed by atoms with Gasteiger partial charge in [-0.2, -0.15) is 0 Å². The van der Waals surface area contributed by atoms with Crippen molar-refractivity contribution in [1.29, 1.82) is 0 Å². The van der Waals surface area contributed by atoms with Crippen molar-refractivity contribution in [2.45, 2.75) is 16.7 Å². The fourth-order valence-electron chi connectivity index (χ4n) is 3.87. The van der Waals surface area contributed by atoms with Gasteiger partial charge in [0.1, 0.15) is 16.0 Å². The lowest BCUT2D eigenvalue weighted by molar-refractivity contribution is -0.117. The minimum absolute atomic E-state index is 0.00211. The first-order chi connectivity index (χ1) is 16.8. The number of carbonyl (C=O) groups is 2. The lowest BCUT2D eigenvalue weighted by Crippen LogP contribution is -2.17. The number of nitrogens with two attached hydrogens (primary N) is 1. The molecule has 0 saturated heterocycles. The van der Waals surface area contributed by atoms with E-state index in [1.54, 1.807) is 0 Å². The standard InChI is InChI=1S/C24H14Cl6F2N2O2/c25-13-2-1-11(7-12(13)19(35)6-9-5-17(32)18(33)8-16(9)31)34-23(36)21-20(24(21,29)30)10-3-14(26)22(28)15(27)4-10/h1-5,7-8,20-21H,6,33H2,(H,34,36)/t20-,21+/m0/s1. The Kier molecular flexibility index (Phi) is 7.69. The number of amides is 1. The van der Waals surface area contributed by atoms with Crippen molar-refractivity contribution >= 4 is 92.7 Å². The van der Waals surface area contributed by atoms with Crippen LogP contribution in [0.25, 0.3) is 0 Å². The molecular formula is C24H14Cl6F2N2O2. The number of anilines is 2. The highest BCUT2D eigenvalue weighted by Crippen LogP contribution is 2.65. The Morgan fingerprint density at radius 2 is 1.56 bits per heavy atom. The molecule has 4 rings (SSSR count). The number of rotatable bonds is 6. The predicted molar refractivity (Wildman–Crippen MR) is 141 cm³/mol. The summed E-state index contributed by atoms with van der Waals surface area (Å²) < 4.78 is 26.4. The van der Waals surface area contributed by atoms with Crippen LogP contribution in [0.1, 0.15) is 27.4 Å². The molecule has 1 saturated carbocycles. The van der Waals surface area contributed by atoms with Crippen LogP contribution in [0.5, 0.6) is 0 Å². The number of hydrogen-bond acceptors (Lipinski definition) is 3. The SMILES string of the molecule is Nc1cc(F)c(CC(=O)c2cc(NC(=O)[C@H]3[C@H](c4cc(Cl)c(Cl)c(Cl)c4)C3(Cl)Cl)ccc2Cl)cc1F. The van der Waals surface area contributed by atoms with E-state index >= 15 is 0 Å². The molecule has 0 radical (unpaired) electrons. The Hall–Kier alpha value is -1.80. The molecule has 0 aliphatic heterocycles. The Bertz CT molecular complexity index is 1390. The van der Waals surface area contributed by atoms with Crippen molar-refractivity contribution < 1.29 is 18.4 Å². The molecule has 12 heteroatoms. The first kappa shape index (κ1) is 27.2. The summed E-state index contributed by atoms with van der Waals surface area (Å²) in [6.45, 7) is 0. The van der Waals surface area contributed by atoms with E-state index in [-0.39, 0.29) is 42.6 Å². The molecule has 36 heavy (non-hydrogen) atoms. The maximum atomic E-state index is 14.1. The maximum Gasteiger partial charge on any atom is 0.231 e. The van der Waals surface area contributed by atoms with Crippen LogP contribution >= 0.6 is 69.6 Å². The molecule has 1 fully saturated rings. The Labute approximate surface area is 234 Å². The van der Waals surface area contributed by atoms with Gasteiger partial charge in [0.05, 0.1) is 31.7 Å². The highest BCUT2D eigenvalue weighted by molar-refractivity contribution is 6.54. The predicted octanol–water partition coefficient (Wildman–Crippen LogP) is 8.11. The molecule has 4 nitrogen and oxygen atoms in total. The molecular weight excluding hydrogens is 599 g/mol. The summed E-state index contributed by atoms with van der Waals surface area (Å²) in [6.07, 6.45) is -0.477. The Morgan fingerprint density at radius 3 is 2.19 bits per heavy atom. The van der Waals surface area contributed by atoms with Crippen molar-refractivity contribution in [2.75, 3.05) is 11.1 Å². The smallest absolute Gasteiger partial charge is 0.231 e. The quantitative estimate of drug-likeness (QED) is 0.128. The third kappa shape index (κ3) is 5.26. The van der Waals surface area contributed by atoms with Gasteiger partial charge in [-0.15, -0.1) is 23.2 Å². The van der Waals surface area contributed by atoms with E-state index in [1.165, 1.54) is 30.3 Å². The van der Waals surface area contributed by atoms with Gasteiger partial charge in [-0.05, 0) is 47.5 Å². The lowest BCUT2D eigenvalue weighted by atomic mass is 10.0. The summed E-state index contributed by atoms with van der Waals surface area (Å²) in [7, 11) is 0. The summed E-state index contributed by atoms with van der Waals surface area (Å²) in [6, 6.07) is 8.90. The monoisotopic (exact) mass is 610 g/mol. The molecule has 3 aromatic rings. The molecule has 0 spiro atoms. The zero-order valence-electron chi connectivity index (χ0n) is 17.8. The van der Waals surface area contributed by atoms with Gasteiger partial charge in [0.25, 0.3) is 0 Å². The summed E-state index contributed by atoms with van der Waals surface area (Å²) in [5.41, 5.74) is 5.53. The van der Waals surface area contributed by atoms with Gasteiger partial charge >= 0.3 is 0 Å². The Morgan fingerprint density at radius 1 is 0.917 bits per heavy atom. The first-order valence-corrected chi connectivity index (χ1v) is 12.5. The second-order valence-electron chi connectivity index (χ2n) is 8.18. The number of carbonyl (C=O) groups excluding carboxylic acids is 2. The van der Waals surface area contributed by atoms with E-state index in [9.17, 15) is 18.4 Å². The van der Waals surface area contributed by atoms with E-state index in [1.807, 2.05) is 0 Å². The summed E-state index contributed by atoms with van der Waals surface area (Å²) >= 11 is 37.1. The van der Waals surface area contributed by atoms with Gasteiger partial charge < -0.3 is 11.1 Å². The number of halogens is 8. The van der Waals surface area contributed by atoms with E-state index in [4.69, 9.17) is 75.3 Å². The summed E-state index contributed by atoms with van der Waals surface area (Å²) in [4.78, 5) is 25.8. The highest BCUT2D eigenvalue weighted by Gasteiger charge is 2.67. The minimum Gasteiger partial charge on any atom is -0.396 e. The Balaban J connectivity index is 1.53. The van der Waals surface area contributed by atoms with Crippen LogP contribution in [0, 0.1) is 17.6 Å². The van der Waals surface area contributed by atoms with Crippen LogP contribution in [0.2, 0.25) is 20.1 Å². The van der Waals surface area contributed by atoms with E-state index < -0.39 is 45.9 Å². The molecule has 188 valence electrons. The number of nitrogen functional groups attached to an aromatic ring is 1. The topological polar surface area (TPSA) is 72.2 Å². The normalized spacial score (nSPS) is 18.1. The molecule has 0 unspecified atom stereocenters. The molecule has 0 bridgehead atoms. The molecule has 0 heterocycles. The van der Waals surface area contributed by atoms with Crippen molar-refractivity contribution in [1.82, 2.24) is 0 Å². The van der Waals surface area contributed by atoms with E-state index in [0.29, 0.717) is 5.56 Å². The number of hydrogen-bond donors (Lipinski definition) is 2. The van der Waals surface area contributed by atoms with Gasteiger partial charge in [-0.1, -0.05) is 46.4 Å². The number of alkyl halides is 2. The first-order valence-electron chi connectivity index (χ1n) is 10.2. The molecule has 2 atom stereocenters. The average molecular weight is 613 g/mol. The van der Waals surface area contributed by atoms with Gasteiger partial charge in [0.2, 0.25) is 5.91 Å². The molecule has 1 amide bonds. The fraction of sp³-hybridized carbons (Fsp3) is 0.167. The van der Waals surface area contributed by atoms with Crippen LogP contribution in [-0.2, 0) is 11.2 Å². The number of ketones is 1. The van der Waals surface area contributed by atoms with Crippen LogP contribution in [0.3, 0.4) is 0 Å². The van der Waals surface area contributed by atoms with Gasteiger partial charge in [-0.3, -0.25) is 9.59 Å². The molecule has 1 aliphatic carbocycles. The lowest BCUT2D eigenvalue weighted by Gasteiger charge is -2.10. The molecule has 3 aromatic carbocycles. The second kappa shape index (κ2) is 10.2. The zero-order valence-corrected chi connectivity index (χ0v) is 22.4. The van der Waals surface area contributed by atoms with E-state index in [2.05, 4.69) is 5.32 Å². The number of benzene rings is 3. The number of nitrogens with one attached hydrogen (secondary N) is 1. The summed E-state index contributed by atoms with van der Waals surface area (Å²) in [5, 5.41) is 3.26. The van der Waals surface area contributed by atoms with Crippen LogP contribution in [0.15, 0.2) is 42.5 Å². The van der Waals surface area contributed by atoms with Crippen LogP contribution in [0.4, 0.5) is 20.2 Å². The van der Waals surface area contributed by atoms with Gasteiger partial charge in [0, 0.05) is 29.7 Å². The molecule has 1 aliphatic rings. The van der Waals surface area contributed by atoms with Crippen LogP contribution in [-0.4, -0.2) is 16.0 Å². The number of Topliss-reactive ketones (excluding diaryl/α,β-unsaturated/α-hetero) is 1. The third-order valence-electron chi connectivity index (χ3n) is 5.75. The largest absolute Gasteiger partial charge is 0.396 e. The van der Waals surface area contributed by atoms with Crippen molar-refractivity contribution in [3.05, 3.63) is 90.9 Å². The second-order valence-corrected chi connectivity index (χ2v) is 11.2.